The Bertz CT molecular complexity index is 384. The van der Waals surface area contributed by atoms with Gasteiger partial charge in [-0.05, 0) is 6.07 Å². The first kappa shape index (κ1) is 12.2. The molecule has 0 saturated heterocycles. The van der Waals surface area contributed by atoms with Gasteiger partial charge in [-0.2, -0.15) is 5.26 Å². The fourth-order valence-corrected chi connectivity index (χ4v) is 1.40. The summed E-state index contributed by atoms with van der Waals surface area (Å²) in [5.41, 5.74) is 1.44. The first-order valence-corrected chi connectivity index (χ1v) is 5.02. The number of ether oxygens (including phenoxy) is 1. The highest BCUT2D eigenvalue weighted by Gasteiger charge is 2.09. The SMILES string of the molecule is C=CCN(CCOC)c1cnccc1C#N. The van der Waals surface area contributed by atoms with Crippen LogP contribution in [0, 0.1) is 11.3 Å². The lowest BCUT2D eigenvalue weighted by atomic mass is 10.2. The molecule has 4 nitrogen and oxygen atoms in total. The second kappa shape index (κ2) is 6.59. The molecule has 84 valence electrons. The number of hydrogen-bond donors (Lipinski definition) is 0. The van der Waals surface area contributed by atoms with Crippen LogP contribution in [0.4, 0.5) is 5.69 Å². The second-order valence-corrected chi connectivity index (χ2v) is 3.23. The quantitative estimate of drug-likeness (QED) is 0.679. The van der Waals surface area contributed by atoms with Crippen molar-refractivity contribution in [1.82, 2.24) is 4.98 Å². The Morgan fingerprint density at radius 2 is 2.50 bits per heavy atom. The second-order valence-electron chi connectivity index (χ2n) is 3.23. The van der Waals surface area contributed by atoms with Gasteiger partial charge in [-0.3, -0.25) is 4.98 Å². The van der Waals surface area contributed by atoms with Gasteiger partial charge in [0.15, 0.2) is 0 Å². The molecule has 0 atom stereocenters. The maximum atomic E-state index is 9.00. The lowest BCUT2D eigenvalue weighted by Gasteiger charge is -2.23. The first-order chi connectivity index (χ1) is 7.83. The maximum Gasteiger partial charge on any atom is 0.101 e. The molecule has 4 heteroatoms. The van der Waals surface area contributed by atoms with Gasteiger partial charge in [0, 0.05) is 26.4 Å². The molecule has 0 saturated carbocycles. The average molecular weight is 217 g/mol. The third-order valence-corrected chi connectivity index (χ3v) is 2.18. The van der Waals surface area contributed by atoms with E-state index in [4.69, 9.17) is 10.00 Å². The van der Waals surface area contributed by atoms with Crippen LogP contribution >= 0.6 is 0 Å². The highest BCUT2D eigenvalue weighted by Crippen LogP contribution is 2.17. The van der Waals surface area contributed by atoms with E-state index in [-0.39, 0.29) is 0 Å². The lowest BCUT2D eigenvalue weighted by Crippen LogP contribution is -2.28. The number of hydrogen-bond acceptors (Lipinski definition) is 4. The van der Waals surface area contributed by atoms with Gasteiger partial charge in [0.2, 0.25) is 0 Å². The van der Waals surface area contributed by atoms with Gasteiger partial charge in [0.25, 0.3) is 0 Å². The van der Waals surface area contributed by atoms with Crippen LogP contribution < -0.4 is 4.90 Å². The van der Waals surface area contributed by atoms with Crippen molar-refractivity contribution in [3.63, 3.8) is 0 Å². The predicted molar refractivity (Wildman–Crippen MR) is 63.2 cm³/mol. The zero-order valence-electron chi connectivity index (χ0n) is 9.39. The summed E-state index contributed by atoms with van der Waals surface area (Å²) in [6.45, 7) is 5.69. The molecule has 1 aromatic rings. The number of methoxy groups -OCH3 is 1. The molecule has 1 rings (SSSR count). The molecule has 0 radical (unpaired) electrons. The molecule has 0 amide bonds. The van der Waals surface area contributed by atoms with Crippen molar-refractivity contribution in [1.29, 1.82) is 5.26 Å². The van der Waals surface area contributed by atoms with Crippen LogP contribution in [-0.4, -0.2) is 31.8 Å². The van der Waals surface area contributed by atoms with E-state index < -0.39 is 0 Å². The van der Waals surface area contributed by atoms with E-state index in [1.165, 1.54) is 0 Å². The van der Waals surface area contributed by atoms with Crippen molar-refractivity contribution < 1.29 is 4.74 Å². The number of nitrogens with zero attached hydrogens (tertiary/aromatic N) is 3. The maximum absolute atomic E-state index is 9.00. The molecule has 16 heavy (non-hydrogen) atoms. The molecule has 0 fully saturated rings. The van der Waals surface area contributed by atoms with Crippen LogP contribution in [0.1, 0.15) is 5.56 Å². The zero-order chi connectivity index (χ0) is 11.8. The van der Waals surface area contributed by atoms with E-state index in [2.05, 4.69) is 17.6 Å². The van der Waals surface area contributed by atoms with Crippen LogP contribution in [0.3, 0.4) is 0 Å². The number of rotatable bonds is 6. The Balaban J connectivity index is 2.91. The summed E-state index contributed by atoms with van der Waals surface area (Å²) in [4.78, 5) is 6.05. The summed E-state index contributed by atoms with van der Waals surface area (Å²) in [6, 6.07) is 3.86. The van der Waals surface area contributed by atoms with E-state index in [0.717, 1.165) is 5.69 Å². The molecule has 0 unspecified atom stereocenters. The third-order valence-electron chi connectivity index (χ3n) is 2.18. The van der Waals surface area contributed by atoms with Crippen LogP contribution in [0.25, 0.3) is 0 Å². The van der Waals surface area contributed by atoms with Crippen molar-refractivity contribution in [3.8, 4) is 6.07 Å². The fraction of sp³-hybridized carbons (Fsp3) is 0.333. The molecular formula is C12H15N3O. The van der Waals surface area contributed by atoms with E-state index >= 15 is 0 Å². The van der Waals surface area contributed by atoms with Crippen LogP contribution in [0.15, 0.2) is 31.1 Å². The Morgan fingerprint density at radius 1 is 1.69 bits per heavy atom. The topological polar surface area (TPSA) is 49.1 Å². The Labute approximate surface area is 95.8 Å². The van der Waals surface area contributed by atoms with Gasteiger partial charge in [0.05, 0.1) is 24.1 Å². The monoisotopic (exact) mass is 217 g/mol. The highest BCUT2D eigenvalue weighted by atomic mass is 16.5. The van der Waals surface area contributed by atoms with E-state index in [1.807, 2.05) is 4.90 Å². The van der Waals surface area contributed by atoms with Gasteiger partial charge in [-0.15, -0.1) is 6.58 Å². The zero-order valence-corrected chi connectivity index (χ0v) is 9.39. The van der Waals surface area contributed by atoms with Crippen molar-refractivity contribution in [2.24, 2.45) is 0 Å². The average Bonchev–Trinajstić information content (AvgIpc) is 2.34. The van der Waals surface area contributed by atoms with Crippen LogP contribution in [-0.2, 0) is 4.74 Å². The number of nitriles is 1. The van der Waals surface area contributed by atoms with Crippen molar-refractivity contribution in [3.05, 3.63) is 36.7 Å². The molecular weight excluding hydrogens is 202 g/mol. The van der Waals surface area contributed by atoms with Gasteiger partial charge in [-0.1, -0.05) is 6.08 Å². The summed E-state index contributed by atoms with van der Waals surface area (Å²) < 4.78 is 5.03. The molecule has 0 aliphatic carbocycles. The van der Waals surface area contributed by atoms with Crippen LogP contribution in [0.2, 0.25) is 0 Å². The minimum atomic E-state index is 0.605. The van der Waals surface area contributed by atoms with Crippen molar-refractivity contribution in [2.75, 3.05) is 31.7 Å². The molecule has 1 aromatic heterocycles. The molecule has 0 aliphatic rings. The van der Waals surface area contributed by atoms with Gasteiger partial charge >= 0.3 is 0 Å². The Kier molecular flexibility index (Phi) is 5.03. The summed E-state index contributed by atoms with van der Waals surface area (Å²) in [6.07, 6.45) is 5.10. The normalized spacial score (nSPS) is 9.50. The van der Waals surface area contributed by atoms with Crippen LogP contribution in [0.5, 0.6) is 0 Å². The summed E-state index contributed by atoms with van der Waals surface area (Å²) in [5.74, 6) is 0. The molecule has 0 bridgehead atoms. The summed E-state index contributed by atoms with van der Waals surface area (Å²) in [7, 11) is 1.65. The summed E-state index contributed by atoms with van der Waals surface area (Å²) >= 11 is 0. The minimum Gasteiger partial charge on any atom is -0.383 e. The van der Waals surface area contributed by atoms with Gasteiger partial charge in [0.1, 0.15) is 6.07 Å². The van der Waals surface area contributed by atoms with Gasteiger partial charge in [-0.25, -0.2) is 0 Å². The van der Waals surface area contributed by atoms with E-state index in [9.17, 15) is 0 Å². The minimum absolute atomic E-state index is 0.605. The summed E-state index contributed by atoms with van der Waals surface area (Å²) in [5, 5.41) is 9.00. The van der Waals surface area contributed by atoms with E-state index in [0.29, 0.717) is 25.3 Å². The number of aromatic nitrogens is 1. The lowest BCUT2D eigenvalue weighted by molar-refractivity contribution is 0.206. The molecule has 0 N–H and O–H groups in total. The van der Waals surface area contributed by atoms with Gasteiger partial charge < -0.3 is 9.64 Å². The molecule has 0 spiro atoms. The van der Waals surface area contributed by atoms with E-state index in [1.54, 1.807) is 31.6 Å². The Hall–Kier alpha value is -1.86. The molecule has 1 heterocycles. The largest absolute Gasteiger partial charge is 0.383 e. The van der Waals surface area contributed by atoms with Crippen molar-refractivity contribution in [2.45, 2.75) is 0 Å². The Morgan fingerprint density at radius 3 is 3.12 bits per heavy atom. The smallest absolute Gasteiger partial charge is 0.101 e. The number of anilines is 1. The van der Waals surface area contributed by atoms with Crippen molar-refractivity contribution >= 4 is 5.69 Å². The number of pyridine rings is 1. The highest BCUT2D eigenvalue weighted by molar-refractivity contribution is 5.57. The third kappa shape index (κ3) is 3.07. The molecule has 0 aromatic carbocycles. The molecule has 0 aliphatic heterocycles. The first-order valence-electron chi connectivity index (χ1n) is 5.02. The standard InChI is InChI=1S/C12H15N3O/c1-3-6-15(7-8-16-2)12-10-14-5-4-11(12)9-13/h3-5,10H,1,6-8H2,2H3. The predicted octanol–water partition coefficient (Wildman–Crippen LogP) is 1.59. The fourth-order valence-electron chi connectivity index (χ4n) is 1.40.